The summed E-state index contributed by atoms with van der Waals surface area (Å²) in [6.07, 6.45) is -0.682. The monoisotopic (exact) mass is 368 g/mol. The molecule has 0 unspecified atom stereocenters. The number of halogens is 2. The lowest BCUT2D eigenvalue weighted by Crippen LogP contribution is -2.26. The third kappa shape index (κ3) is 5.06. The molecule has 0 aliphatic carbocycles. The zero-order chi connectivity index (χ0) is 15.2. The molecule has 110 valence electrons. The minimum absolute atomic E-state index is 0.215. The van der Waals surface area contributed by atoms with Gasteiger partial charge in [-0.05, 0) is 48.9 Å². The molecule has 3 nitrogen and oxygen atoms in total. The Morgan fingerprint density at radius 1 is 1.24 bits per heavy atom. The Hall–Kier alpha value is -1.52. The van der Waals surface area contributed by atoms with Gasteiger partial charge in [0, 0.05) is 9.50 Å². The highest BCUT2D eigenvalue weighted by Gasteiger charge is 2.16. The topological polar surface area (TPSA) is 35.5 Å². The van der Waals surface area contributed by atoms with E-state index in [0.29, 0.717) is 10.8 Å². The van der Waals surface area contributed by atoms with Gasteiger partial charge in [-0.2, -0.15) is 0 Å². The van der Waals surface area contributed by atoms with Crippen LogP contribution >= 0.6 is 27.5 Å². The number of carbonyl (C=O) groups is 1. The minimum atomic E-state index is -0.682. The van der Waals surface area contributed by atoms with Gasteiger partial charge in [-0.1, -0.05) is 39.7 Å². The minimum Gasteiger partial charge on any atom is -0.479 e. The van der Waals surface area contributed by atoms with Crippen molar-refractivity contribution in [2.75, 3.05) is 0 Å². The molecule has 2 aromatic carbocycles. The number of ether oxygens (including phenoxy) is 2. The average Bonchev–Trinajstić information content (AvgIpc) is 2.47. The predicted molar refractivity (Wildman–Crippen MR) is 85.5 cm³/mol. The molecule has 0 fully saturated rings. The Bertz CT molecular complexity index is 613. The molecule has 0 aliphatic rings. The molecule has 0 aliphatic heterocycles. The third-order valence-electron chi connectivity index (χ3n) is 2.73. The highest BCUT2D eigenvalue weighted by atomic mass is 79.9. The fourth-order valence-corrected chi connectivity index (χ4v) is 2.24. The summed E-state index contributed by atoms with van der Waals surface area (Å²) >= 11 is 9.16. The Kier molecular flexibility index (Phi) is 5.65. The smallest absolute Gasteiger partial charge is 0.347 e. The van der Waals surface area contributed by atoms with E-state index in [1.54, 1.807) is 31.2 Å². The summed E-state index contributed by atoms with van der Waals surface area (Å²) in [5, 5.41) is 0.618. The Balaban J connectivity index is 1.86. The summed E-state index contributed by atoms with van der Waals surface area (Å²) < 4.78 is 11.7. The largest absolute Gasteiger partial charge is 0.479 e. The summed E-state index contributed by atoms with van der Waals surface area (Å²) in [4.78, 5) is 11.9. The number of hydrogen-bond acceptors (Lipinski definition) is 3. The van der Waals surface area contributed by atoms with E-state index < -0.39 is 12.1 Å². The lowest BCUT2D eigenvalue weighted by atomic mass is 10.2. The second kappa shape index (κ2) is 7.48. The Labute approximate surface area is 137 Å². The van der Waals surface area contributed by atoms with E-state index >= 15 is 0 Å². The average molecular weight is 370 g/mol. The van der Waals surface area contributed by atoms with Gasteiger partial charge in [0.1, 0.15) is 12.4 Å². The normalized spacial score (nSPS) is 11.8. The van der Waals surface area contributed by atoms with E-state index in [-0.39, 0.29) is 6.61 Å². The van der Waals surface area contributed by atoms with Crippen LogP contribution in [0.1, 0.15) is 12.5 Å². The van der Waals surface area contributed by atoms with Crippen LogP contribution in [-0.2, 0) is 16.1 Å². The van der Waals surface area contributed by atoms with E-state index in [0.717, 1.165) is 10.0 Å². The second-order valence-corrected chi connectivity index (χ2v) is 5.80. The van der Waals surface area contributed by atoms with Crippen molar-refractivity contribution in [1.29, 1.82) is 0 Å². The summed E-state index contributed by atoms with van der Waals surface area (Å²) in [7, 11) is 0. The van der Waals surface area contributed by atoms with Crippen molar-refractivity contribution in [1.82, 2.24) is 0 Å². The maximum absolute atomic E-state index is 11.9. The van der Waals surface area contributed by atoms with Crippen LogP contribution in [0.15, 0.2) is 53.0 Å². The van der Waals surface area contributed by atoms with Crippen LogP contribution in [0.3, 0.4) is 0 Å². The van der Waals surface area contributed by atoms with Gasteiger partial charge in [0.15, 0.2) is 6.10 Å². The van der Waals surface area contributed by atoms with E-state index in [2.05, 4.69) is 15.9 Å². The summed E-state index contributed by atoms with van der Waals surface area (Å²) in [5.41, 5.74) is 0.913. The quantitative estimate of drug-likeness (QED) is 0.722. The highest BCUT2D eigenvalue weighted by molar-refractivity contribution is 9.10. The van der Waals surface area contributed by atoms with Gasteiger partial charge >= 0.3 is 5.97 Å². The first-order valence-electron chi connectivity index (χ1n) is 6.38. The molecule has 0 spiro atoms. The molecule has 0 saturated heterocycles. The van der Waals surface area contributed by atoms with Crippen molar-refractivity contribution < 1.29 is 14.3 Å². The highest BCUT2D eigenvalue weighted by Crippen LogP contribution is 2.17. The Morgan fingerprint density at radius 3 is 2.62 bits per heavy atom. The van der Waals surface area contributed by atoms with E-state index in [9.17, 15) is 4.79 Å². The predicted octanol–water partition coefficient (Wildman–Crippen LogP) is 4.61. The molecule has 0 bridgehead atoms. The molecule has 21 heavy (non-hydrogen) atoms. The van der Waals surface area contributed by atoms with Crippen molar-refractivity contribution in [2.45, 2.75) is 19.6 Å². The van der Waals surface area contributed by atoms with Crippen LogP contribution in [0.4, 0.5) is 0 Å². The molecule has 0 heterocycles. The zero-order valence-electron chi connectivity index (χ0n) is 11.4. The van der Waals surface area contributed by atoms with Gasteiger partial charge in [-0.15, -0.1) is 0 Å². The van der Waals surface area contributed by atoms with Gasteiger partial charge in [0.2, 0.25) is 0 Å². The maximum atomic E-state index is 11.9. The molecule has 1 atom stereocenters. The van der Waals surface area contributed by atoms with Gasteiger partial charge in [-0.3, -0.25) is 0 Å². The van der Waals surface area contributed by atoms with Crippen molar-refractivity contribution in [3.63, 3.8) is 0 Å². The first-order valence-corrected chi connectivity index (χ1v) is 7.55. The van der Waals surface area contributed by atoms with E-state index in [1.807, 2.05) is 24.3 Å². The summed E-state index contributed by atoms with van der Waals surface area (Å²) in [5.74, 6) is 0.163. The van der Waals surface area contributed by atoms with Gasteiger partial charge in [-0.25, -0.2) is 4.79 Å². The van der Waals surface area contributed by atoms with Crippen LogP contribution in [0, 0.1) is 0 Å². The molecule has 0 amide bonds. The third-order valence-corrected chi connectivity index (χ3v) is 3.47. The molecular formula is C16H14BrClO3. The molecule has 0 saturated carbocycles. The molecule has 5 heteroatoms. The second-order valence-electron chi connectivity index (χ2n) is 4.45. The molecule has 0 N–H and O–H groups in total. The van der Waals surface area contributed by atoms with Crippen molar-refractivity contribution in [2.24, 2.45) is 0 Å². The van der Waals surface area contributed by atoms with Crippen molar-refractivity contribution in [3.05, 3.63) is 63.6 Å². The SMILES string of the molecule is C[C@@H](Oc1ccc(Cl)cc1)C(=O)OCc1cccc(Br)c1. The van der Waals surface area contributed by atoms with Crippen LogP contribution in [0.2, 0.25) is 5.02 Å². The van der Waals surface area contributed by atoms with E-state index in [1.165, 1.54) is 0 Å². The van der Waals surface area contributed by atoms with Crippen LogP contribution in [-0.4, -0.2) is 12.1 Å². The van der Waals surface area contributed by atoms with E-state index in [4.69, 9.17) is 21.1 Å². The maximum Gasteiger partial charge on any atom is 0.347 e. The van der Waals surface area contributed by atoms with Gasteiger partial charge in [0.25, 0.3) is 0 Å². The standard InChI is InChI=1S/C16H14BrClO3/c1-11(21-15-7-5-14(18)6-8-15)16(19)20-10-12-3-2-4-13(17)9-12/h2-9,11H,10H2,1H3/t11-/m1/s1. The van der Waals surface area contributed by atoms with Crippen LogP contribution in [0.5, 0.6) is 5.75 Å². The fraction of sp³-hybridized carbons (Fsp3) is 0.188. The van der Waals surface area contributed by atoms with Gasteiger partial charge in [0.05, 0.1) is 0 Å². The van der Waals surface area contributed by atoms with Crippen molar-refractivity contribution in [3.8, 4) is 5.75 Å². The first kappa shape index (κ1) is 15.9. The van der Waals surface area contributed by atoms with Gasteiger partial charge < -0.3 is 9.47 Å². The summed E-state index contributed by atoms with van der Waals surface area (Å²) in [6.45, 7) is 1.87. The first-order chi connectivity index (χ1) is 10.0. The number of benzene rings is 2. The van der Waals surface area contributed by atoms with Crippen molar-refractivity contribution >= 4 is 33.5 Å². The number of carbonyl (C=O) groups excluding carboxylic acids is 1. The summed E-state index contributed by atoms with van der Waals surface area (Å²) in [6, 6.07) is 14.4. The number of esters is 1. The lowest BCUT2D eigenvalue weighted by molar-refractivity contribution is -0.152. The molecule has 2 rings (SSSR count). The molecule has 0 radical (unpaired) electrons. The molecular weight excluding hydrogens is 356 g/mol. The van der Waals surface area contributed by atoms with Crippen LogP contribution < -0.4 is 4.74 Å². The fourth-order valence-electron chi connectivity index (χ4n) is 1.66. The molecule has 2 aromatic rings. The Morgan fingerprint density at radius 2 is 1.95 bits per heavy atom. The van der Waals surface area contributed by atoms with Crippen LogP contribution in [0.25, 0.3) is 0 Å². The molecule has 0 aromatic heterocycles. The number of rotatable bonds is 5. The zero-order valence-corrected chi connectivity index (χ0v) is 13.7. The number of hydrogen-bond donors (Lipinski definition) is 0. The lowest BCUT2D eigenvalue weighted by Gasteiger charge is -2.14.